The fraction of sp³-hybridized carbons (Fsp3) is 0.235. The Labute approximate surface area is 126 Å². The Morgan fingerprint density at radius 2 is 1.60 bits per heavy atom. The zero-order valence-electron chi connectivity index (χ0n) is 11.8. The number of hydrogen-bond acceptors (Lipinski definition) is 1. The number of rotatable bonds is 5. The van der Waals surface area contributed by atoms with Crippen molar-refractivity contribution in [1.29, 1.82) is 0 Å². The van der Waals surface area contributed by atoms with E-state index < -0.39 is 0 Å². The van der Waals surface area contributed by atoms with Gasteiger partial charge in [-0.05, 0) is 43.3 Å². The number of hydrogen-bond donors (Lipinski definition) is 1. The van der Waals surface area contributed by atoms with Crippen LogP contribution in [0.3, 0.4) is 0 Å². The molecule has 2 aromatic rings. The summed E-state index contributed by atoms with van der Waals surface area (Å²) in [5.41, 5.74) is 2.46. The molecule has 2 nitrogen and oxygen atoms in total. The smallest absolute Gasteiger partial charge is 0.173 e. The van der Waals surface area contributed by atoms with E-state index in [0.29, 0.717) is 0 Å². The minimum Gasteiger partial charge on any atom is -0.363 e. The number of thiocarbonyl (C=S) groups is 1. The fourth-order valence-corrected chi connectivity index (χ4v) is 2.43. The van der Waals surface area contributed by atoms with Gasteiger partial charge < -0.3 is 10.2 Å². The third kappa shape index (κ3) is 4.07. The maximum absolute atomic E-state index is 5.49. The third-order valence-electron chi connectivity index (χ3n) is 3.11. The molecule has 0 aliphatic carbocycles. The molecule has 0 saturated heterocycles. The molecule has 0 heterocycles. The normalized spacial score (nSPS) is 10.1. The molecule has 1 N–H and O–H groups in total. The van der Waals surface area contributed by atoms with Gasteiger partial charge in [-0.1, -0.05) is 48.5 Å². The van der Waals surface area contributed by atoms with Crippen LogP contribution in [0.5, 0.6) is 0 Å². The Kier molecular flexibility index (Phi) is 5.56. The van der Waals surface area contributed by atoms with Crippen molar-refractivity contribution >= 4 is 23.0 Å². The van der Waals surface area contributed by atoms with E-state index in [1.54, 1.807) is 0 Å². The lowest BCUT2D eigenvalue weighted by Gasteiger charge is -2.25. The lowest BCUT2D eigenvalue weighted by atomic mass is 10.1. The summed E-state index contributed by atoms with van der Waals surface area (Å²) in [6.07, 6.45) is 0.973. The summed E-state index contributed by atoms with van der Waals surface area (Å²) >= 11 is 5.49. The molecule has 0 bridgehead atoms. The molecular formula is C17H20N2S. The average molecular weight is 284 g/mol. The molecule has 2 rings (SSSR count). The molecule has 104 valence electrons. The summed E-state index contributed by atoms with van der Waals surface area (Å²) in [6, 6.07) is 20.8. The molecule has 0 spiro atoms. The van der Waals surface area contributed by atoms with Crippen molar-refractivity contribution in [3.63, 3.8) is 0 Å². The molecule has 0 radical (unpaired) electrons. The largest absolute Gasteiger partial charge is 0.363 e. The molecule has 3 heteroatoms. The van der Waals surface area contributed by atoms with E-state index in [0.717, 1.165) is 30.3 Å². The predicted octanol–water partition coefficient (Wildman–Crippen LogP) is 3.63. The molecule has 2 aromatic carbocycles. The Bertz CT molecular complexity index is 525. The molecule has 20 heavy (non-hydrogen) atoms. The van der Waals surface area contributed by atoms with Gasteiger partial charge in [0, 0.05) is 18.8 Å². The van der Waals surface area contributed by atoms with Crippen molar-refractivity contribution in [2.75, 3.05) is 18.0 Å². The van der Waals surface area contributed by atoms with Crippen molar-refractivity contribution < 1.29 is 0 Å². The summed E-state index contributed by atoms with van der Waals surface area (Å²) in [6.45, 7) is 3.78. The zero-order valence-corrected chi connectivity index (χ0v) is 12.6. The molecule has 0 fully saturated rings. The van der Waals surface area contributed by atoms with Gasteiger partial charge in [-0.3, -0.25) is 0 Å². The van der Waals surface area contributed by atoms with Gasteiger partial charge in [0.15, 0.2) is 5.11 Å². The highest BCUT2D eigenvalue weighted by Crippen LogP contribution is 2.14. The second-order valence-corrected chi connectivity index (χ2v) is 4.94. The zero-order chi connectivity index (χ0) is 14.2. The SMILES string of the molecule is CCNC(=S)N(CCc1ccccc1)c1ccccc1. The lowest BCUT2D eigenvalue weighted by molar-refractivity contribution is 0.886. The van der Waals surface area contributed by atoms with Gasteiger partial charge in [-0.2, -0.15) is 0 Å². The summed E-state index contributed by atoms with van der Waals surface area (Å²) in [4.78, 5) is 2.16. The Hall–Kier alpha value is -1.87. The van der Waals surface area contributed by atoms with Crippen molar-refractivity contribution in [2.45, 2.75) is 13.3 Å². The van der Waals surface area contributed by atoms with E-state index in [2.05, 4.69) is 53.5 Å². The van der Waals surface area contributed by atoms with E-state index in [4.69, 9.17) is 12.2 Å². The minimum absolute atomic E-state index is 0.787. The van der Waals surface area contributed by atoms with E-state index >= 15 is 0 Å². The molecule has 0 saturated carbocycles. The van der Waals surface area contributed by atoms with E-state index in [1.807, 2.05) is 24.3 Å². The van der Waals surface area contributed by atoms with Gasteiger partial charge in [0.2, 0.25) is 0 Å². The van der Waals surface area contributed by atoms with Gasteiger partial charge in [0.25, 0.3) is 0 Å². The predicted molar refractivity (Wildman–Crippen MR) is 90.2 cm³/mol. The van der Waals surface area contributed by atoms with Crippen LogP contribution in [-0.4, -0.2) is 18.2 Å². The van der Waals surface area contributed by atoms with Crippen molar-refractivity contribution in [2.24, 2.45) is 0 Å². The lowest BCUT2D eigenvalue weighted by Crippen LogP contribution is -2.40. The Balaban J connectivity index is 2.09. The van der Waals surface area contributed by atoms with E-state index in [-0.39, 0.29) is 0 Å². The molecule has 0 amide bonds. The molecule has 0 aromatic heterocycles. The monoisotopic (exact) mass is 284 g/mol. The van der Waals surface area contributed by atoms with Crippen LogP contribution in [0.15, 0.2) is 60.7 Å². The molecular weight excluding hydrogens is 264 g/mol. The molecule has 0 aliphatic heterocycles. The van der Waals surface area contributed by atoms with E-state index in [1.165, 1.54) is 5.56 Å². The minimum atomic E-state index is 0.787. The number of anilines is 1. The topological polar surface area (TPSA) is 15.3 Å². The third-order valence-corrected chi connectivity index (χ3v) is 3.47. The Morgan fingerprint density at radius 3 is 2.20 bits per heavy atom. The summed E-state index contributed by atoms with van der Waals surface area (Å²) in [5.74, 6) is 0. The van der Waals surface area contributed by atoms with Gasteiger partial charge in [-0.15, -0.1) is 0 Å². The number of benzene rings is 2. The highest BCUT2D eigenvalue weighted by atomic mass is 32.1. The quantitative estimate of drug-likeness (QED) is 0.844. The van der Waals surface area contributed by atoms with Gasteiger partial charge in [0.1, 0.15) is 0 Å². The second-order valence-electron chi connectivity index (χ2n) is 4.56. The summed E-state index contributed by atoms with van der Waals surface area (Å²) in [7, 11) is 0. The van der Waals surface area contributed by atoms with Crippen LogP contribution in [0, 0.1) is 0 Å². The van der Waals surface area contributed by atoms with Crippen LogP contribution in [0.2, 0.25) is 0 Å². The second kappa shape index (κ2) is 7.65. The number of nitrogens with zero attached hydrogens (tertiary/aromatic N) is 1. The van der Waals surface area contributed by atoms with Gasteiger partial charge in [0.05, 0.1) is 0 Å². The molecule has 0 aliphatic rings. The maximum atomic E-state index is 5.49. The van der Waals surface area contributed by atoms with Gasteiger partial charge >= 0.3 is 0 Å². The number of nitrogens with one attached hydrogen (secondary N) is 1. The molecule has 0 atom stereocenters. The van der Waals surface area contributed by atoms with E-state index in [9.17, 15) is 0 Å². The van der Waals surface area contributed by atoms with Crippen LogP contribution >= 0.6 is 12.2 Å². The molecule has 0 unspecified atom stereocenters. The first-order chi connectivity index (χ1) is 9.81. The van der Waals surface area contributed by atoms with Crippen molar-refractivity contribution in [3.05, 3.63) is 66.2 Å². The number of para-hydroxylation sites is 1. The van der Waals surface area contributed by atoms with Crippen LogP contribution in [0.25, 0.3) is 0 Å². The van der Waals surface area contributed by atoms with Crippen LogP contribution in [0.4, 0.5) is 5.69 Å². The first-order valence-corrected chi connectivity index (χ1v) is 7.36. The average Bonchev–Trinajstić information content (AvgIpc) is 2.50. The first-order valence-electron chi connectivity index (χ1n) is 6.95. The highest BCUT2D eigenvalue weighted by molar-refractivity contribution is 7.80. The standard InChI is InChI=1S/C17H20N2S/c1-2-18-17(20)19(16-11-7-4-8-12-16)14-13-15-9-5-3-6-10-15/h3-12H,2,13-14H2,1H3,(H,18,20). The van der Waals surface area contributed by atoms with Crippen LogP contribution in [-0.2, 0) is 6.42 Å². The summed E-state index contributed by atoms with van der Waals surface area (Å²) in [5, 5.41) is 4.02. The van der Waals surface area contributed by atoms with Gasteiger partial charge in [-0.25, -0.2) is 0 Å². The van der Waals surface area contributed by atoms with Crippen LogP contribution in [0.1, 0.15) is 12.5 Å². The Morgan fingerprint density at radius 1 is 1.00 bits per heavy atom. The first kappa shape index (κ1) is 14.5. The maximum Gasteiger partial charge on any atom is 0.173 e. The van der Waals surface area contributed by atoms with Crippen molar-refractivity contribution in [3.8, 4) is 0 Å². The van der Waals surface area contributed by atoms with Crippen LogP contribution < -0.4 is 10.2 Å². The highest BCUT2D eigenvalue weighted by Gasteiger charge is 2.10. The van der Waals surface area contributed by atoms with Crippen molar-refractivity contribution in [1.82, 2.24) is 5.32 Å². The summed E-state index contributed by atoms with van der Waals surface area (Å²) < 4.78 is 0. The fourth-order valence-electron chi connectivity index (χ4n) is 2.09.